The molecule has 0 spiro atoms. The molecule has 128 valence electrons. The Kier molecular flexibility index (Phi) is 11.7. The van der Waals surface area contributed by atoms with Crippen LogP contribution in [0.3, 0.4) is 0 Å². The van der Waals surface area contributed by atoms with Gasteiger partial charge in [-0.15, -0.1) is 0 Å². The maximum Gasteiger partial charge on any atom is 1.00 e. The molecule has 0 radical (unpaired) electrons. The van der Waals surface area contributed by atoms with Gasteiger partial charge in [0.1, 0.15) is 0 Å². The molecule has 0 atom stereocenters. The Morgan fingerprint density at radius 2 is 0.905 bits per heavy atom. The van der Waals surface area contributed by atoms with E-state index >= 15 is 0 Å². The Morgan fingerprint density at radius 1 is 0.667 bits per heavy atom. The van der Waals surface area contributed by atoms with E-state index in [9.17, 15) is 0 Å². The Hall–Kier alpha value is 0.520. The molecular weight excluding hydrogens is 456 g/mol. The molecule has 0 saturated heterocycles. The van der Waals surface area contributed by atoms with Crippen LogP contribution >= 0.6 is 7.92 Å². The molecule has 0 amide bonds. The molecule has 0 bridgehead atoms. The fourth-order valence-electron chi connectivity index (χ4n) is 3.20. The van der Waals surface area contributed by atoms with E-state index in [1.54, 1.807) is 0 Å². The average molecular weight is 492 g/mol. The summed E-state index contributed by atoms with van der Waals surface area (Å²) in [4.78, 5) is 0. The summed E-state index contributed by atoms with van der Waals surface area (Å²) in [5.41, 5.74) is 10.0. The van der Waals surface area contributed by atoms with Crippen molar-refractivity contribution in [2.45, 2.75) is 93.1 Å². The van der Waals surface area contributed by atoms with Gasteiger partial charge in [0.15, 0.2) is 0 Å². The maximum atomic E-state index is 2.35. The standard InChI is InChI=1S/C10H15.C9H21P.Au/c1-6-7(2)9(4)10(5)8(6)3;1-7(2)10(8(3)4)9(5)6;/h1-5H3;7-9H,1-6H3;/q-1;;+1. The van der Waals surface area contributed by atoms with E-state index in [1.807, 2.05) is 0 Å². The first-order valence-corrected chi connectivity index (χ1v) is 9.54. The summed E-state index contributed by atoms with van der Waals surface area (Å²) >= 11 is 0. The summed E-state index contributed by atoms with van der Waals surface area (Å²) in [6.07, 6.45) is 0. The molecule has 0 fully saturated rings. The quantitative estimate of drug-likeness (QED) is 0.252. The zero-order chi connectivity index (χ0) is 16.2. The predicted molar refractivity (Wildman–Crippen MR) is 98.0 cm³/mol. The summed E-state index contributed by atoms with van der Waals surface area (Å²) in [6, 6.07) is 0. The molecule has 0 aliphatic rings. The van der Waals surface area contributed by atoms with Crippen molar-refractivity contribution in [3.63, 3.8) is 0 Å². The number of hydrogen-bond acceptors (Lipinski definition) is 0. The van der Waals surface area contributed by atoms with Crippen LogP contribution in [0.2, 0.25) is 0 Å². The van der Waals surface area contributed by atoms with Crippen LogP contribution in [0.1, 0.15) is 69.4 Å². The Labute approximate surface area is 151 Å². The first-order valence-electron chi connectivity index (χ1n) is 7.99. The van der Waals surface area contributed by atoms with E-state index in [2.05, 4.69) is 76.2 Å². The van der Waals surface area contributed by atoms with Crippen molar-refractivity contribution in [3.8, 4) is 0 Å². The zero-order valence-corrected chi connectivity index (χ0v) is 19.0. The van der Waals surface area contributed by atoms with Crippen LogP contribution in [0, 0.1) is 34.6 Å². The number of hydrogen-bond donors (Lipinski definition) is 0. The summed E-state index contributed by atoms with van der Waals surface area (Å²) in [6.45, 7) is 25.1. The SMILES string of the molecule is CC(C)P(C(C)C)C(C)C.Cc1c(C)c(C)[c-](C)c1C.[Au+]. The van der Waals surface area contributed by atoms with Crippen molar-refractivity contribution in [1.29, 1.82) is 0 Å². The summed E-state index contributed by atoms with van der Waals surface area (Å²) < 4.78 is 0. The van der Waals surface area contributed by atoms with Crippen molar-refractivity contribution in [1.82, 2.24) is 0 Å². The van der Waals surface area contributed by atoms with Crippen LogP contribution in [0.5, 0.6) is 0 Å². The molecule has 0 aliphatic heterocycles. The largest absolute Gasteiger partial charge is 1.00 e. The summed E-state index contributed by atoms with van der Waals surface area (Å²) in [5.74, 6) is 0. The molecule has 0 nitrogen and oxygen atoms in total. The first-order chi connectivity index (χ1) is 9.02. The molecule has 0 unspecified atom stereocenters. The molecule has 1 aromatic carbocycles. The van der Waals surface area contributed by atoms with E-state index in [-0.39, 0.29) is 30.3 Å². The van der Waals surface area contributed by atoms with E-state index in [4.69, 9.17) is 0 Å². The van der Waals surface area contributed by atoms with Crippen molar-refractivity contribution in [2.75, 3.05) is 0 Å². The third kappa shape index (κ3) is 6.66. The molecule has 1 aromatic rings. The smallest absolute Gasteiger partial charge is 0.196 e. The van der Waals surface area contributed by atoms with Crippen molar-refractivity contribution in [3.05, 3.63) is 27.8 Å². The van der Waals surface area contributed by atoms with Gasteiger partial charge in [-0.1, -0.05) is 84.1 Å². The Balaban J connectivity index is 0. The van der Waals surface area contributed by atoms with Gasteiger partial charge < -0.3 is 0 Å². The predicted octanol–water partition coefficient (Wildman–Crippen LogP) is 6.64. The second-order valence-electron chi connectivity index (χ2n) is 6.85. The first kappa shape index (κ1) is 23.8. The minimum atomic E-state index is 0. The minimum absolute atomic E-state index is 0. The normalized spacial score (nSPS) is 11.0. The van der Waals surface area contributed by atoms with Crippen molar-refractivity contribution < 1.29 is 22.4 Å². The topological polar surface area (TPSA) is 0 Å². The monoisotopic (exact) mass is 492 g/mol. The van der Waals surface area contributed by atoms with Crippen LogP contribution in [-0.4, -0.2) is 17.0 Å². The van der Waals surface area contributed by atoms with Crippen LogP contribution in [0.4, 0.5) is 0 Å². The van der Waals surface area contributed by atoms with Gasteiger partial charge >= 0.3 is 22.4 Å². The van der Waals surface area contributed by atoms with Crippen LogP contribution in [-0.2, 0) is 22.4 Å². The van der Waals surface area contributed by atoms with Crippen molar-refractivity contribution >= 4 is 7.92 Å². The molecule has 0 aromatic heterocycles. The van der Waals surface area contributed by atoms with Gasteiger partial charge in [0.25, 0.3) is 0 Å². The average Bonchev–Trinajstić information content (AvgIpc) is 2.47. The van der Waals surface area contributed by atoms with Gasteiger partial charge in [-0.3, -0.25) is 0 Å². The Bertz CT molecular complexity index is 314. The fourth-order valence-corrected chi connectivity index (χ4v) is 6.77. The third-order valence-corrected chi connectivity index (χ3v) is 8.18. The van der Waals surface area contributed by atoms with E-state index in [0.29, 0.717) is 0 Å². The van der Waals surface area contributed by atoms with Crippen LogP contribution in [0.15, 0.2) is 0 Å². The molecule has 0 heterocycles. The van der Waals surface area contributed by atoms with Gasteiger partial charge in [0.2, 0.25) is 0 Å². The van der Waals surface area contributed by atoms with Gasteiger partial charge in [-0.05, 0) is 17.0 Å². The molecule has 2 heteroatoms. The molecule has 0 N–H and O–H groups in total. The maximum absolute atomic E-state index is 2.35. The molecule has 0 aliphatic carbocycles. The second kappa shape index (κ2) is 10.3. The van der Waals surface area contributed by atoms with E-state index in [1.165, 1.54) is 27.8 Å². The van der Waals surface area contributed by atoms with Crippen LogP contribution < -0.4 is 0 Å². The second-order valence-corrected chi connectivity index (χ2v) is 10.8. The molecule has 21 heavy (non-hydrogen) atoms. The van der Waals surface area contributed by atoms with E-state index < -0.39 is 0 Å². The zero-order valence-electron chi connectivity index (χ0n) is 16.0. The number of rotatable bonds is 3. The van der Waals surface area contributed by atoms with Gasteiger partial charge in [0, 0.05) is 0 Å². The molecule has 0 saturated carbocycles. The summed E-state index contributed by atoms with van der Waals surface area (Å²) in [7, 11) is 0.262. The Morgan fingerprint density at radius 3 is 0.952 bits per heavy atom. The van der Waals surface area contributed by atoms with Gasteiger partial charge in [-0.25, -0.2) is 0 Å². The van der Waals surface area contributed by atoms with Gasteiger partial charge in [-0.2, -0.15) is 27.8 Å². The van der Waals surface area contributed by atoms with Gasteiger partial charge in [0.05, 0.1) is 0 Å². The molecule has 1 rings (SSSR count). The summed E-state index contributed by atoms with van der Waals surface area (Å²) in [5, 5.41) is 0. The van der Waals surface area contributed by atoms with Crippen LogP contribution in [0.25, 0.3) is 0 Å². The van der Waals surface area contributed by atoms with E-state index in [0.717, 1.165) is 17.0 Å². The fraction of sp³-hybridized carbons (Fsp3) is 0.737. The third-order valence-electron chi connectivity index (χ3n) is 4.60. The minimum Gasteiger partial charge on any atom is -0.196 e. The molecular formula is C19H36AuP. The van der Waals surface area contributed by atoms with Crippen molar-refractivity contribution in [2.24, 2.45) is 0 Å².